The van der Waals surface area contributed by atoms with Crippen LogP contribution in [0.3, 0.4) is 0 Å². The van der Waals surface area contributed by atoms with Crippen molar-refractivity contribution < 1.29 is 19.5 Å². The van der Waals surface area contributed by atoms with Crippen molar-refractivity contribution in [2.75, 3.05) is 50.7 Å². The van der Waals surface area contributed by atoms with E-state index in [1.165, 1.54) is 35.2 Å². The predicted octanol–water partition coefficient (Wildman–Crippen LogP) is 6.66. The van der Waals surface area contributed by atoms with Gasteiger partial charge in [-0.15, -0.1) is 0 Å². The number of piperazine rings is 1. The maximum absolute atomic E-state index is 13.2. The topological polar surface area (TPSA) is 96.4 Å². The molecule has 0 bridgehead atoms. The monoisotopic (exact) mass is 753 g/mol. The molecule has 292 valence electrons. The Labute approximate surface area is 331 Å². The number of imide groups is 1. The Morgan fingerprint density at radius 2 is 1.62 bits per heavy atom. The van der Waals surface area contributed by atoms with E-state index in [0.29, 0.717) is 42.0 Å². The van der Waals surface area contributed by atoms with Crippen molar-refractivity contribution in [3.8, 4) is 5.75 Å². The van der Waals surface area contributed by atoms with E-state index in [0.717, 1.165) is 81.9 Å². The molecule has 3 aromatic rings. The van der Waals surface area contributed by atoms with E-state index >= 15 is 0 Å². The van der Waals surface area contributed by atoms with Gasteiger partial charge in [0.1, 0.15) is 11.8 Å². The van der Waals surface area contributed by atoms with Crippen molar-refractivity contribution in [2.45, 2.75) is 83.2 Å². The molecule has 0 saturated carbocycles. The summed E-state index contributed by atoms with van der Waals surface area (Å²) in [5.74, 6) is 1.14. The van der Waals surface area contributed by atoms with Gasteiger partial charge in [-0.3, -0.25) is 24.6 Å². The molecule has 56 heavy (non-hydrogen) atoms. The van der Waals surface area contributed by atoms with Gasteiger partial charge in [0.15, 0.2) is 0 Å². The third-order valence-electron chi connectivity index (χ3n) is 14.0. The summed E-state index contributed by atoms with van der Waals surface area (Å²) in [4.78, 5) is 46.6. The average Bonchev–Trinajstić information content (AvgIpc) is 3.54. The lowest BCUT2D eigenvalue weighted by atomic mass is 9.58. The molecule has 0 spiro atoms. The van der Waals surface area contributed by atoms with Crippen LogP contribution in [0.2, 0.25) is 0 Å². The van der Waals surface area contributed by atoms with Crippen LogP contribution in [-0.4, -0.2) is 89.4 Å². The number of likely N-dealkylation sites (tertiary alicyclic amines) is 1. The number of hydrogen-bond donors (Lipinski definition) is 2. The van der Waals surface area contributed by atoms with Crippen molar-refractivity contribution in [1.82, 2.24) is 20.0 Å². The number of nitrogens with zero attached hydrogens (tertiary/aromatic N) is 4. The Morgan fingerprint density at radius 1 is 0.839 bits per heavy atom. The fourth-order valence-electron chi connectivity index (χ4n) is 10.7. The molecular formula is C47H55N5O4. The van der Waals surface area contributed by atoms with Crippen molar-refractivity contribution in [1.29, 1.82) is 0 Å². The molecule has 3 amide bonds. The van der Waals surface area contributed by atoms with Crippen LogP contribution in [0.25, 0.3) is 0 Å². The number of carbonyl (C=O) groups is 3. The predicted molar refractivity (Wildman–Crippen MR) is 218 cm³/mol. The largest absolute Gasteiger partial charge is 0.508 e. The second-order valence-corrected chi connectivity index (χ2v) is 17.5. The highest BCUT2D eigenvalue weighted by molar-refractivity contribution is 6.05. The van der Waals surface area contributed by atoms with E-state index in [9.17, 15) is 19.5 Å². The molecule has 9 heteroatoms. The minimum absolute atomic E-state index is 0.0174. The van der Waals surface area contributed by atoms with E-state index in [-0.39, 0.29) is 29.6 Å². The molecule has 6 aliphatic rings. The SMILES string of the molecule is Cc1cc2c(cc1O)CC[C@H](c1ccccc1)[C@@H]2C1(C)C=CC(N2CCC(CN3CCN(c4ccc5c(c4)CN([C@@H]4CCC(=O)NC4=O)C5=O)CC3)CC2)=CC1. The van der Waals surface area contributed by atoms with Crippen LogP contribution in [0.5, 0.6) is 5.75 Å². The molecule has 9 nitrogen and oxygen atoms in total. The van der Waals surface area contributed by atoms with Crippen LogP contribution in [0.4, 0.5) is 5.69 Å². The first-order valence-electron chi connectivity index (χ1n) is 20.9. The number of allylic oxidation sites excluding steroid dienone is 3. The number of fused-ring (bicyclic) bond motifs is 2. The summed E-state index contributed by atoms with van der Waals surface area (Å²) in [5.41, 5.74) is 9.22. The lowest BCUT2D eigenvalue weighted by Crippen LogP contribution is -2.52. The van der Waals surface area contributed by atoms with Gasteiger partial charge in [-0.05, 0) is 121 Å². The first kappa shape index (κ1) is 36.7. The second kappa shape index (κ2) is 14.9. The number of rotatable bonds is 7. The van der Waals surface area contributed by atoms with Gasteiger partial charge in [-0.2, -0.15) is 0 Å². The summed E-state index contributed by atoms with van der Waals surface area (Å²) in [6, 6.07) is 20.9. The minimum Gasteiger partial charge on any atom is -0.508 e. The highest BCUT2D eigenvalue weighted by Crippen LogP contribution is 2.55. The lowest BCUT2D eigenvalue weighted by Gasteiger charge is -2.46. The van der Waals surface area contributed by atoms with Gasteiger partial charge in [0.2, 0.25) is 11.8 Å². The molecule has 4 aliphatic heterocycles. The quantitative estimate of drug-likeness (QED) is 0.261. The van der Waals surface area contributed by atoms with E-state index in [2.05, 4.69) is 93.7 Å². The van der Waals surface area contributed by atoms with Crippen molar-refractivity contribution in [3.05, 3.63) is 118 Å². The van der Waals surface area contributed by atoms with E-state index in [4.69, 9.17) is 0 Å². The van der Waals surface area contributed by atoms with Gasteiger partial charge in [-0.1, -0.05) is 55.5 Å². The summed E-state index contributed by atoms with van der Waals surface area (Å²) < 4.78 is 0. The summed E-state index contributed by atoms with van der Waals surface area (Å²) in [6.07, 6.45) is 13.6. The number of hydrogen-bond acceptors (Lipinski definition) is 7. The summed E-state index contributed by atoms with van der Waals surface area (Å²) in [7, 11) is 0. The van der Waals surface area contributed by atoms with Crippen LogP contribution < -0.4 is 10.2 Å². The molecule has 1 unspecified atom stereocenters. The van der Waals surface area contributed by atoms with Crippen molar-refractivity contribution in [2.24, 2.45) is 11.3 Å². The van der Waals surface area contributed by atoms with Crippen LogP contribution in [0.1, 0.15) is 95.5 Å². The molecule has 3 fully saturated rings. The van der Waals surface area contributed by atoms with Gasteiger partial charge in [0, 0.05) is 81.6 Å². The van der Waals surface area contributed by atoms with Crippen LogP contribution >= 0.6 is 0 Å². The number of amides is 3. The summed E-state index contributed by atoms with van der Waals surface area (Å²) >= 11 is 0. The fraction of sp³-hybridized carbons (Fsp3) is 0.468. The van der Waals surface area contributed by atoms with Crippen LogP contribution in [-0.2, 0) is 22.6 Å². The zero-order valence-electron chi connectivity index (χ0n) is 32.9. The number of anilines is 1. The molecule has 0 aromatic heterocycles. The smallest absolute Gasteiger partial charge is 0.255 e. The first-order valence-corrected chi connectivity index (χ1v) is 20.9. The Balaban J connectivity index is 0.780. The molecule has 2 aliphatic carbocycles. The third-order valence-corrected chi connectivity index (χ3v) is 14.0. The van der Waals surface area contributed by atoms with Crippen molar-refractivity contribution >= 4 is 23.4 Å². The van der Waals surface area contributed by atoms with Gasteiger partial charge in [-0.25, -0.2) is 0 Å². The summed E-state index contributed by atoms with van der Waals surface area (Å²) in [5, 5.41) is 13.0. The Hall–Kier alpha value is -4.89. The zero-order valence-corrected chi connectivity index (χ0v) is 32.9. The standard InChI is InChI=1S/C47H55N5O4/c1-31-26-40-34(28-42(31)53)8-10-38(33-6-4-3-5-7-33)44(40)47(2)18-14-36(15-19-47)50-20-16-32(17-21-50)29-49-22-24-51(25-23-49)37-9-11-39-35(27-37)30-52(46(39)56)41-12-13-43(54)48-45(41)55/h3-7,9,11,14-15,18,26-28,32,38,41,44,53H,8,10,12-13,16-17,19-25,29-30H2,1-2H3,(H,48,54,55)/t38-,41-,44+,47?/m1/s1. The van der Waals surface area contributed by atoms with Gasteiger partial charge < -0.3 is 19.8 Å². The third kappa shape index (κ3) is 6.93. The highest BCUT2D eigenvalue weighted by atomic mass is 16.3. The average molecular weight is 754 g/mol. The molecule has 9 rings (SSSR count). The number of carbonyl (C=O) groups excluding carboxylic acids is 3. The molecule has 4 heterocycles. The molecule has 2 N–H and O–H groups in total. The van der Waals surface area contributed by atoms with E-state index < -0.39 is 6.04 Å². The number of phenolic OH excluding ortho intramolecular Hbond substituents is 1. The Morgan fingerprint density at radius 3 is 2.36 bits per heavy atom. The van der Waals surface area contributed by atoms with Crippen LogP contribution in [0.15, 0.2) is 84.6 Å². The lowest BCUT2D eigenvalue weighted by molar-refractivity contribution is -0.136. The molecule has 3 aromatic carbocycles. The maximum Gasteiger partial charge on any atom is 0.255 e. The number of phenols is 1. The molecule has 3 saturated heterocycles. The molecule has 4 atom stereocenters. The maximum atomic E-state index is 13.2. The molecule has 0 radical (unpaired) electrons. The molecular weight excluding hydrogens is 699 g/mol. The number of nitrogens with one attached hydrogen (secondary N) is 1. The number of aryl methyl sites for hydroxylation is 2. The first-order chi connectivity index (χ1) is 27.1. The van der Waals surface area contributed by atoms with Gasteiger partial charge >= 0.3 is 0 Å². The number of piperidine rings is 2. The number of aromatic hydroxyl groups is 1. The normalized spacial score (nSPS) is 27.2. The van der Waals surface area contributed by atoms with Gasteiger partial charge in [0.05, 0.1) is 0 Å². The Kier molecular flexibility index (Phi) is 9.76. The Bertz CT molecular complexity index is 2080. The summed E-state index contributed by atoms with van der Waals surface area (Å²) in [6.45, 7) is 12.2. The minimum atomic E-state index is -0.585. The van der Waals surface area contributed by atoms with E-state index in [1.54, 1.807) is 4.90 Å². The number of benzene rings is 3. The highest BCUT2D eigenvalue weighted by Gasteiger charge is 2.43. The van der Waals surface area contributed by atoms with Crippen LogP contribution in [0, 0.1) is 18.3 Å². The van der Waals surface area contributed by atoms with Crippen molar-refractivity contribution in [3.63, 3.8) is 0 Å². The van der Waals surface area contributed by atoms with Gasteiger partial charge in [0.25, 0.3) is 5.91 Å². The van der Waals surface area contributed by atoms with E-state index in [1.807, 2.05) is 19.1 Å². The second-order valence-electron chi connectivity index (χ2n) is 17.5. The zero-order chi connectivity index (χ0) is 38.6. The fourth-order valence-corrected chi connectivity index (χ4v) is 10.7.